The van der Waals surface area contributed by atoms with Gasteiger partial charge in [0.05, 0.1) is 0 Å². The van der Waals surface area contributed by atoms with E-state index in [1.807, 2.05) is 36.1 Å². The molecule has 1 amide bonds. The van der Waals surface area contributed by atoms with Crippen molar-refractivity contribution in [1.82, 2.24) is 25.4 Å². The summed E-state index contributed by atoms with van der Waals surface area (Å²) >= 11 is 0. The van der Waals surface area contributed by atoms with E-state index in [2.05, 4.69) is 33.8 Å². The number of pyridine rings is 1. The molecule has 1 aliphatic heterocycles. The molecule has 2 aromatic heterocycles. The lowest BCUT2D eigenvalue weighted by Gasteiger charge is -2.32. The second kappa shape index (κ2) is 7.15. The average Bonchev–Trinajstić information content (AvgIpc) is 3.48. The fraction of sp³-hybridized carbons (Fsp3) is 0.409. The molecule has 5 rings (SSSR count). The number of benzene rings is 1. The number of nitrogens with zero attached hydrogens (tertiary/aromatic N) is 3. The second-order valence-corrected chi connectivity index (χ2v) is 8.19. The van der Waals surface area contributed by atoms with Crippen molar-refractivity contribution in [2.24, 2.45) is 0 Å². The Morgan fingerprint density at radius 1 is 1.24 bits per heavy atom. The van der Waals surface area contributed by atoms with E-state index in [9.17, 15) is 4.79 Å². The Labute approximate surface area is 169 Å². The molecule has 3 aromatic rings. The van der Waals surface area contributed by atoms with E-state index in [1.54, 1.807) is 0 Å². The number of hydrogen-bond donors (Lipinski definition) is 3. The van der Waals surface area contributed by atoms with Crippen LogP contribution in [0.2, 0.25) is 0 Å². The Morgan fingerprint density at radius 2 is 2.03 bits per heavy atom. The summed E-state index contributed by atoms with van der Waals surface area (Å²) in [6.07, 6.45) is 2.43. The van der Waals surface area contributed by atoms with Crippen molar-refractivity contribution in [2.75, 3.05) is 25.0 Å². The van der Waals surface area contributed by atoms with Gasteiger partial charge in [0.25, 0.3) is 5.91 Å². The van der Waals surface area contributed by atoms with Crippen molar-refractivity contribution >= 4 is 28.3 Å². The first-order chi connectivity index (χ1) is 14.1. The Morgan fingerprint density at radius 3 is 2.79 bits per heavy atom. The summed E-state index contributed by atoms with van der Waals surface area (Å²) in [5.74, 6) is 2.01. The van der Waals surface area contributed by atoms with Gasteiger partial charge in [-0.05, 0) is 37.6 Å². The summed E-state index contributed by atoms with van der Waals surface area (Å²) in [5, 5.41) is 16.3. The molecule has 1 atom stereocenters. The fourth-order valence-electron chi connectivity index (χ4n) is 4.10. The number of fused-ring (bicyclic) bond motifs is 1. The predicted molar refractivity (Wildman–Crippen MR) is 114 cm³/mol. The normalized spacial score (nSPS) is 19.5. The van der Waals surface area contributed by atoms with Crippen molar-refractivity contribution in [2.45, 2.75) is 38.6 Å². The van der Waals surface area contributed by atoms with E-state index >= 15 is 0 Å². The lowest BCUT2D eigenvalue weighted by atomic mass is 10.0. The SMILES string of the molecule is Cc1c(C(=O)N2CCN[C@H](C)C2)nc(Nc2cc(C3CC3)[nH]n2)c2ccccc12. The van der Waals surface area contributed by atoms with Gasteiger partial charge in [-0.2, -0.15) is 5.10 Å². The zero-order chi connectivity index (χ0) is 20.0. The first kappa shape index (κ1) is 18.1. The van der Waals surface area contributed by atoms with Crippen LogP contribution in [0.4, 0.5) is 11.6 Å². The topological polar surface area (TPSA) is 85.9 Å². The highest BCUT2D eigenvalue weighted by atomic mass is 16.2. The second-order valence-electron chi connectivity index (χ2n) is 8.19. The molecule has 0 spiro atoms. The van der Waals surface area contributed by atoms with Gasteiger partial charge in [-0.3, -0.25) is 9.89 Å². The number of H-pyrrole nitrogens is 1. The molecule has 0 bridgehead atoms. The van der Waals surface area contributed by atoms with E-state index in [-0.39, 0.29) is 11.9 Å². The van der Waals surface area contributed by atoms with Gasteiger partial charge in [-0.15, -0.1) is 0 Å². The number of rotatable bonds is 4. The number of carbonyl (C=O) groups excluding carboxylic acids is 1. The maximum Gasteiger partial charge on any atom is 0.272 e. The predicted octanol–water partition coefficient (Wildman–Crippen LogP) is 3.32. The van der Waals surface area contributed by atoms with Crippen molar-refractivity contribution in [3.05, 3.63) is 47.3 Å². The van der Waals surface area contributed by atoms with Gasteiger partial charge >= 0.3 is 0 Å². The molecule has 0 radical (unpaired) electrons. The number of aryl methyl sites for hydroxylation is 1. The number of carbonyl (C=O) groups is 1. The van der Waals surface area contributed by atoms with Crippen LogP contribution < -0.4 is 10.6 Å². The highest BCUT2D eigenvalue weighted by Crippen LogP contribution is 2.40. The highest BCUT2D eigenvalue weighted by Gasteiger charge is 2.27. The fourth-order valence-corrected chi connectivity index (χ4v) is 4.10. The van der Waals surface area contributed by atoms with Crippen LogP contribution in [0.3, 0.4) is 0 Å². The van der Waals surface area contributed by atoms with Gasteiger partial charge < -0.3 is 15.5 Å². The van der Waals surface area contributed by atoms with Crippen LogP contribution in [0, 0.1) is 6.92 Å². The molecule has 3 heterocycles. The molecule has 29 heavy (non-hydrogen) atoms. The number of anilines is 2. The number of aromatic amines is 1. The standard InChI is InChI=1S/C22H26N6O/c1-13-12-28(10-9-23-13)22(29)20-14(2)16-5-3-4-6-17(16)21(25-20)24-19-11-18(26-27-19)15-7-8-15/h3-6,11,13,15,23H,7-10,12H2,1-2H3,(H2,24,25,26,27)/t13-/m1/s1. The van der Waals surface area contributed by atoms with E-state index in [4.69, 9.17) is 4.98 Å². The van der Waals surface area contributed by atoms with Crippen LogP contribution in [-0.2, 0) is 0 Å². The molecule has 150 valence electrons. The number of amides is 1. The summed E-state index contributed by atoms with van der Waals surface area (Å²) in [5.41, 5.74) is 2.59. The lowest BCUT2D eigenvalue weighted by Crippen LogP contribution is -2.51. The smallest absolute Gasteiger partial charge is 0.272 e. The molecule has 7 nitrogen and oxygen atoms in total. The molecule has 0 unspecified atom stereocenters. The molecular formula is C22H26N6O. The minimum absolute atomic E-state index is 0.00893. The van der Waals surface area contributed by atoms with E-state index in [0.717, 1.165) is 34.4 Å². The lowest BCUT2D eigenvalue weighted by molar-refractivity contribution is 0.0702. The molecule has 1 saturated carbocycles. The summed E-state index contributed by atoms with van der Waals surface area (Å²) in [4.78, 5) is 20.0. The maximum atomic E-state index is 13.3. The van der Waals surface area contributed by atoms with E-state index in [0.29, 0.717) is 30.5 Å². The van der Waals surface area contributed by atoms with Crippen LogP contribution in [0.25, 0.3) is 10.8 Å². The average molecular weight is 390 g/mol. The van der Waals surface area contributed by atoms with Crippen molar-refractivity contribution < 1.29 is 4.79 Å². The number of hydrogen-bond acceptors (Lipinski definition) is 5. The molecule has 3 N–H and O–H groups in total. The number of piperazine rings is 1. The quantitative estimate of drug-likeness (QED) is 0.636. The number of nitrogens with one attached hydrogen (secondary N) is 3. The molecule has 1 saturated heterocycles. The summed E-state index contributed by atoms with van der Waals surface area (Å²) in [6, 6.07) is 10.4. The zero-order valence-electron chi connectivity index (χ0n) is 16.8. The van der Waals surface area contributed by atoms with Gasteiger partial charge in [0.15, 0.2) is 5.82 Å². The maximum absolute atomic E-state index is 13.3. The summed E-state index contributed by atoms with van der Waals surface area (Å²) in [6.45, 7) is 6.28. The Bertz CT molecular complexity index is 1070. The van der Waals surface area contributed by atoms with E-state index in [1.165, 1.54) is 12.8 Å². The Hall–Kier alpha value is -2.93. The third-order valence-electron chi connectivity index (χ3n) is 5.88. The highest BCUT2D eigenvalue weighted by molar-refractivity contribution is 6.03. The minimum atomic E-state index is -0.00893. The summed E-state index contributed by atoms with van der Waals surface area (Å²) < 4.78 is 0. The van der Waals surface area contributed by atoms with E-state index < -0.39 is 0 Å². The van der Waals surface area contributed by atoms with Gasteiger partial charge in [0.2, 0.25) is 0 Å². The molecule has 2 fully saturated rings. The Kier molecular flexibility index (Phi) is 4.47. The zero-order valence-corrected chi connectivity index (χ0v) is 16.8. The van der Waals surface area contributed by atoms with Crippen LogP contribution in [0.5, 0.6) is 0 Å². The van der Waals surface area contributed by atoms with Crippen molar-refractivity contribution in [1.29, 1.82) is 0 Å². The van der Waals surface area contributed by atoms with Gasteiger partial charge in [0, 0.05) is 48.7 Å². The minimum Gasteiger partial charge on any atom is -0.334 e. The van der Waals surface area contributed by atoms with Crippen LogP contribution in [-0.4, -0.2) is 51.7 Å². The molecular weight excluding hydrogens is 364 g/mol. The van der Waals surface area contributed by atoms with Crippen molar-refractivity contribution in [3.8, 4) is 0 Å². The van der Waals surface area contributed by atoms with Gasteiger partial charge in [-0.1, -0.05) is 24.3 Å². The van der Waals surface area contributed by atoms with Gasteiger partial charge in [-0.25, -0.2) is 4.98 Å². The summed E-state index contributed by atoms with van der Waals surface area (Å²) in [7, 11) is 0. The monoisotopic (exact) mass is 390 g/mol. The van der Waals surface area contributed by atoms with Crippen LogP contribution in [0.15, 0.2) is 30.3 Å². The first-order valence-corrected chi connectivity index (χ1v) is 10.3. The third kappa shape index (κ3) is 3.46. The van der Waals surface area contributed by atoms with Crippen LogP contribution in [0.1, 0.15) is 47.4 Å². The third-order valence-corrected chi connectivity index (χ3v) is 5.88. The number of aromatic nitrogens is 3. The molecule has 2 aliphatic rings. The molecule has 7 heteroatoms. The van der Waals surface area contributed by atoms with Crippen LogP contribution >= 0.6 is 0 Å². The Balaban J connectivity index is 1.53. The first-order valence-electron chi connectivity index (χ1n) is 10.3. The van der Waals surface area contributed by atoms with Crippen molar-refractivity contribution in [3.63, 3.8) is 0 Å². The molecule has 1 aliphatic carbocycles. The molecule has 1 aromatic carbocycles. The van der Waals surface area contributed by atoms with Gasteiger partial charge in [0.1, 0.15) is 11.5 Å². The largest absolute Gasteiger partial charge is 0.334 e.